The number of carboxylic acids is 1. The third kappa shape index (κ3) is 8.35. The Balaban J connectivity index is 0.000000275. The highest BCUT2D eigenvalue weighted by atomic mass is 16.4. The van der Waals surface area contributed by atoms with Crippen molar-refractivity contribution in [2.75, 3.05) is 31.6 Å². The van der Waals surface area contributed by atoms with Crippen molar-refractivity contribution in [3.05, 3.63) is 59.2 Å². The fourth-order valence-corrected chi connectivity index (χ4v) is 5.05. The highest BCUT2D eigenvalue weighted by molar-refractivity contribution is 5.94. The molecule has 2 aromatic rings. The zero-order chi connectivity index (χ0) is 26.1. The predicted molar refractivity (Wildman–Crippen MR) is 143 cm³/mol. The molecule has 196 valence electrons. The molecular formula is C29H41N3O4. The Kier molecular flexibility index (Phi) is 10.3. The van der Waals surface area contributed by atoms with E-state index in [4.69, 9.17) is 10.2 Å². The third-order valence-electron chi connectivity index (χ3n) is 7.11. The number of piperazine rings is 1. The maximum atomic E-state index is 12.8. The lowest BCUT2D eigenvalue weighted by Gasteiger charge is -2.32. The lowest BCUT2D eigenvalue weighted by molar-refractivity contribution is -0.136. The van der Waals surface area contributed by atoms with Crippen molar-refractivity contribution in [2.45, 2.75) is 65.0 Å². The molecule has 1 heterocycles. The Morgan fingerprint density at radius 3 is 2.50 bits per heavy atom. The van der Waals surface area contributed by atoms with Gasteiger partial charge in [-0.25, -0.2) is 0 Å². The van der Waals surface area contributed by atoms with Gasteiger partial charge in [0, 0.05) is 50.9 Å². The molecule has 1 atom stereocenters. The summed E-state index contributed by atoms with van der Waals surface area (Å²) in [5, 5.41) is 20.8. The molecule has 3 N–H and O–H groups in total. The molecule has 0 aromatic heterocycles. The van der Waals surface area contributed by atoms with Gasteiger partial charge in [0.25, 0.3) is 0 Å². The zero-order valence-electron chi connectivity index (χ0n) is 21.9. The summed E-state index contributed by atoms with van der Waals surface area (Å²) in [4.78, 5) is 27.3. The van der Waals surface area contributed by atoms with Crippen LogP contribution < -0.4 is 10.2 Å². The van der Waals surface area contributed by atoms with Crippen molar-refractivity contribution in [1.82, 2.24) is 10.2 Å². The lowest BCUT2D eigenvalue weighted by atomic mass is 9.88. The van der Waals surface area contributed by atoms with Crippen LogP contribution in [-0.4, -0.2) is 59.7 Å². The number of aliphatic carboxylic acids is 1. The van der Waals surface area contributed by atoms with Crippen molar-refractivity contribution in [1.29, 1.82) is 0 Å². The molecule has 0 bridgehead atoms. The van der Waals surface area contributed by atoms with E-state index in [2.05, 4.69) is 42.3 Å². The molecule has 1 aliphatic carbocycles. The van der Waals surface area contributed by atoms with Gasteiger partial charge < -0.3 is 20.4 Å². The van der Waals surface area contributed by atoms with Crippen molar-refractivity contribution in [3.63, 3.8) is 0 Å². The highest BCUT2D eigenvalue weighted by Gasteiger charge is 2.25. The van der Waals surface area contributed by atoms with Gasteiger partial charge in [0.15, 0.2) is 0 Å². The molecule has 36 heavy (non-hydrogen) atoms. The van der Waals surface area contributed by atoms with Crippen LogP contribution in [0.25, 0.3) is 0 Å². The van der Waals surface area contributed by atoms with Crippen LogP contribution in [0.1, 0.15) is 55.7 Å². The summed E-state index contributed by atoms with van der Waals surface area (Å²) < 4.78 is 0. The van der Waals surface area contributed by atoms with Gasteiger partial charge in [-0.1, -0.05) is 37.5 Å². The largest absolute Gasteiger partial charge is 0.508 e. The van der Waals surface area contributed by atoms with Crippen LogP contribution in [0.15, 0.2) is 42.5 Å². The molecule has 2 fully saturated rings. The number of phenols is 1. The second-order valence-electron chi connectivity index (χ2n) is 10.2. The van der Waals surface area contributed by atoms with E-state index in [0.717, 1.165) is 44.7 Å². The molecule has 1 saturated heterocycles. The quantitative estimate of drug-likeness (QED) is 0.552. The SMILES string of the molecule is Cc1cc(N(C)C(=O)C2CCCCC2)ccc1CN1CCNC(C)C1.O=C(O)Cc1cccc(O)c1. The van der Waals surface area contributed by atoms with Crippen LogP contribution >= 0.6 is 0 Å². The van der Waals surface area contributed by atoms with Crippen LogP contribution in [0.4, 0.5) is 5.69 Å². The van der Waals surface area contributed by atoms with Crippen LogP contribution in [0.2, 0.25) is 0 Å². The second-order valence-corrected chi connectivity index (χ2v) is 10.2. The first kappa shape index (κ1) is 27.7. The average molecular weight is 496 g/mol. The smallest absolute Gasteiger partial charge is 0.307 e. The fraction of sp³-hybridized carbons (Fsp3) is 0.517. The summed E-state index contributed by atoms with van der Waals surface area (Å²) in [6.45, 7) is 8.68. The number of hydrogen-bond donors (Lipinski definition) is 3. The number of carbonyl (C=O) groups is 2. The number of phenolic OH excluding ortho intramolecular Hbond substituents is 1. The van der Waals surface area contributed by atoms with E-state index in [1.165, 1.54) is 42.5 Å². The number of aromatic hydroxyl groups is 1. The summed E-state index contributed by atoms with van der Waals surface area (Å²) >= 11 is 0. The summed E-state index contributed by atoms with van der Waals surface area (Å²) in [7, 11) is 1.93. The number of nitrogens with zero attached hydrogens (tertiary/aromatic N) is 2. The summed E-state index contributed by atoms with van der Waals surface area (Å²) in [5.41, 5.74) is 4.30. The third-order valence-corrected chi connectivity index (χ3v) is 7.11. The summed E-state index contributed by atoms with van der Waals surface area (Å²) in [6.07, 6.45) is 5.75. The minimum absolute atomic E-state index is 0.0472. The van der Waals surface area contributed by atoms with Crippen LogP contribution in [0.3, 0.4) is 0 Å². The molecule has 2 aromatic carbocycles. The molecular weight excluding hydrogens is 454 g/mol. The van der Waals surface area contributed by atoms with Gasteiger partial charge in [-0.3, -0.25) is 14.5 Å². The predicted octanol–water partition coefficient (Wildman–Crippen LogP) is 4.35. The number of hydrogen-bond acceptors (Lipinski definition) is 5. The van der Waals surface area contributed by atoms with E-state index >= 15 is 0 Å². The number of nitrogens with one attached hydrogen (secondary N) is 1. The van der Waals surface area contributed by atoms with Gasteiger partial charge >= 0.3 is 5.97 Å². The number of amides is 1. The second kappa shape index (κ2) is 13.4. The Bertz CT molecular complexity index is 1020. The topological polar surface area (TPSA) is 93.1 Å². The van der Waals surface area contributed by atoms with Crippen molar-refractivity contribution < 1.29 is 19.8 Å². The van der Waals surface area contributed by atoms with Gasteiger partial charge in [0.2, 0.25) is 5.91 Å². The number of rotatable bonds is 6. The molecule has 2 aliphatic rings. The number of aryl methyl sites for hydroxylation is 1. The van der Waals surface area contributed by atoms with E-state index in [1.807, 2.05) is 11.9 Å². The molecule has 0 radical (unpaired) electrons. The van der Waals surface area contributed by atoms with Crippen molar-refractivity contribution in [3.8, 4) is 5.75 Å². The van der Waals surface area contributed by atoms with Crippen molar-refractivity contribution >= 4 is 17.6 Å². The van der Waals surface area contributed by atoms with Crippen LogP contribution in [0, 0.1) is 12.8 Å². The molecule has 1 amide bonds. The zero-order valence-corrected chi connectivity index (χ0v) is 21.9. The monoisotopic (exact) mass is 495 g/mol. The van der Waals surface area contributed by atoms with E-state index in [1.54, 1.807) is 12.1 Å². The van der Waals surface area contributed by atoms with E-state index < -0.39 is 5.97 Å². The number of benzene rings is 2. The van der Waals surface area contributed by atoms with E-state index in [9.17, 15) is 9.59 Å². The molecule has 4 rings (SSSR count). The maximum Gasteiger partial charge on any atom is 0.307 e. The Morgan fingerprint density at radius 1 is 1.11 bits per heavy atom. The molecule has 0 spiro atoms. The van der Waals surface area contributed by atoms with Crippen LogP contribution in [-0.2, 0) is 22.6 Å². The Hall–Kier alpha value is -2.90. The fourth-order valence-electron chi connectivity index (χ4n) is 5.05. The standard InChI is InChI=1S/C21H33N3O.C8H8O3/c1-16-13-20(23(3)21(25)18-7-5-4-6-8-18)10-9-19(16)15-24-12-11-22-17(2)14-24;9-7-3-1-2-6(4-7)5-8(10)11/h9-10,13,17-18,22H,4-8,11-12,14-15H2,1-3H3;1-4,9H,5H2,(H,10,11). The first-order valence-electron chi connectivity index (χ1n) is 13.1. The Morgan fingerprint density at radius 2 is 1.86 bits per heavy atom. The number of anilines is 1. The first-order valence-corrected chi connectivity index (χ1v) is 13.1. The Labute approximate surface area is 215 Å². The van der Waals surface area contributed by atoms with Gasteiger partial charge in [-0.15, -0.1) is 0 Å². The molecule has 1 aliphatic heterocycles. The average Bonchev–Trinajstić information content (AvgIpc) is 2.85. The lowest BCUT2D eigenvalue weighted by Crippen LogP contribution is -2.48. The molecule has 7 heteroatoms. The molecule has 7 nitrogen and oxygen atoms in total. The van der Waals surface area contributed by atoms with Gasteiger partial charge in [0.1, 0.15) is 5.75 Å². The van der Waals surface area contributed by atoms with Gasteiger partial charge in [-0.2, -0.15) is 0 Å². The number of carboxylic acid groups (broad SMARTS) is 1. The van der Waals surface area contributed by atoms with Gasteiger partial charge in [-0.05, 0) is 67.6 Å². The van der Waals surface area contributed by atoms with Crippen molar-refractivity contribution in [2.24, 2.45) is 5.92 Å². The van der Waals surface area contributed by atoms with Crippen LogP contribution in [0.5, 0.6) is 5.75 Å². The minimum atomic E-state index is -0.893. The molecule has 1 saturated carbocycles. The first-order chi connectivity index (χ1) is 17.2. The van der Waals surface area contributed by atoms with E-state index in [-0.39, 0.29) is 18.1 Å². The highest BCUT2D eigenvalue weighted by Crippen LogP contribution is 2.28. The maximum absolute atomic E-state index is 12.8. The summed E-state index contributed by atoms with van der Waals surface area (Å²) in [5.74, 6) is -0.275. The summed E-state index contributed by atoms with van der Waals surface area (Å²) in [6, 6.07) is 13.3. The normalized spacial score (nSPS) is 18.7. The van der Waals surface area contributed by atoms with E-state index in [0.29, 0.717) is 17.5 Å². The van der Waals surface area contributed by atoms with Gasteiger partial charge in [0.05, 0.1) is 6.42 Å². The minimum Gasteiger partial charge on any atom is -0.508 e. The number of carbonyl (C=O) groups excluding carboxylic acids is 1. The molecule has 1 unspecified atom stereocenters.